The predicted molar refractivity (Wildman–Crippen MR) is 270 cm³/mol. The van der Waals surface area contributed by atoms with E-state index in [2.05, 4.69) is 0 Å². The van der Waals surface area contributed by atoms with E-state index in [9.17, 15) is 26.4 Å². The fourth-order valence-corrected chi connectivity index (χ4v) is 10.3. The number of unbranched alkanes of at least 4 members (excludes halogenated alkanes) is 2. The van der Waals surface area contributed by atoms with Gasteiger partial charge in [-0.3, -0.25) is 8.61 Å². The van der Waals surface area contributed by atoms with Crippen LogP contribution in [0, 0.1) is 0 Å². The lowest BCUT2D eigenvalue weighted by Crippen LogP contribution is -2.33. The topological polar surface area (TPSA) is 168 Å². The molecule has 0 spiro atoms. The smallest absolute Gasteiger partial charge is 0.335 e. The van der Waals surface area contributed by atoms with Crippen molar-refractivity contribution < 1.29 is 46.1 Å². The molecule has 358 valence electrons. The van der Waals surface area contributed by atoms with Crippen molar-refractivity contribution in [2.24, 2.45) is 0 Å². The van der Waals surface area contributed by atoms with Gasteiger partial charge in [0.25, 0.3) is 20.0 Å². The standard InChI is InChI=1S/C27H31NO6S.C27H29NO4S/c1-4-5-18-28(35(31,32)23-16-17-25(33-2)26(19-23)34-3)24-9-7-6-8-21(24)13-10-20-11-14-22(15-12-20)27(29)30;1-2-3-20-28(33(31,32)21-19-22-9-5-4-6-10-22)26-12-8-7-11-24(26)16-13-23-14-17-25(18-15-23)27(29)30/h6-9,11-12,14-17,19H,4-5,10,13,18H2,1-3H3,(H,29,30);4-12,14-15,17-19,21H,2-3,13,16,20H2,1H3,(H,29,30)/b;21-19+. The Kier molecular flexibility index (Phi) is 19.4. The maximum Gasteiger partial charge on any atom is 0.335 e. The molecule has 0 aromatic heterocycles. The molecule has 0 heterocycles. The zero-order chi connectivity index (χ0) is 49.1. The van der Waals surface area contributed by atoms with Crippen LogP contribution in [0.25, 0.3) is 6.08 Å². The molecular weight excluding hydrogens is 901 g/mol. The van der Waals surface area contributed by atoms with Crippen molar-refractivity contribution in [3.8, 4) is 11.5 Å². The highest BCUT2D eigenvalue weighted by molar-refractivity contribution is 7.95. The first kappa shape index (κ1) is 52.1. The van der Waals surface area contributed by atoms with Gasteiger partial charge in [0, 0.05) is 19.2 Å². The van der Waals surface area contributed by atoms with Gasteiger partial charge in [0.1, 0.15) is 0 Å². The van der Waals surface area contributed by atoms with E-state index in [0.717, 1.165) is 47.1 Å². The monoisotopic (exact) mass is 960 g/mol. The van der Waals surface area contributed by atoms with Crippen LogP contribution in [0.5, 0.6) is 11.5 Å². The summed E-state index contributed by atoms with van der Waals surface area (Å²) < 4.78 is 67.8. The molecule has 68 heavy (non-hydrogen) atoms. The number of rotatable bonds is 23. The van der Waals surface area contributed by atoms with E-state index in [1.54, 1.807) is 60.7 Å². The minimum absolute atomic E-state index is 0.130. The lowest BCUT2D eigenvalue weighted by atomic mass is 10.0. The number of carbonyl (C=O) groups is 2. The Labute approximate surface area is 401 Å². The van der Waals surface area contributed by atoms with Crippen molar-refractivity contribution in [3.05, 3.63) is 190 Å². The van der Waals surface area contributed by atoms with Crippen LogP contribution in [0.1, 0.15) is 88.1 Å². The number of hydrogen-bond acceptors (Lipinski definition) is 8. The Balaban J connectivity index is 0.000000255. The summed E-state index contributed by atoms with van der Waals surface area (Å²) in [5.74, 6) is -1.11. The second-order valence-corrected chi connectivity index (χ2v) is 19.5. The first-order valence-electron chi connectivity index (χ1n) is 22.5. The zero-order valence-electron chi connectivity index (χ0n) is 39.0. The normalized spacial score (nSPS) is 11.4. The summed E-state index contributed by atoms with van der Waals surface area (Å²) in [5, 5.41) is 19.5. The minimum Gasteiger partial charge on any atom is -0.493 e. The van der Waals surface area contributed by atoms with Gasteiger partial charge in [0.2, 0.25) is 0 Å². The van der Waals surface area contributed by atoms with Crippen molar-refractivity contribution in [1.29, 1.82) is 0 Å². The van der Waals surface area contributed by atoms with Crippen LogP contribution in [-0.4, -0.2) is 66.3 Å². The number of anilines is 2. The summed E-state index contributed by atoms with van der Waals surface area (Å²) in [6.45, 7) is 4.81. The molecule has 0 aliphatic carbocycles. The van der Waals surface area contributed by atoms with E-state index < -0.39 is 32.0 Å². The van der Waals surface area contributed by atoms with Crippen LogP contribution in [0.3, 0.4) is 0 Å². The van der Waals surface area contributed by atoms with Crippen molar-refractivity contribution in [3.63, 3.8) is 0 Å². The van der Waals surface area contributed by atoms with Crippen LogP contribution < -0.4 is 18.1 Å². The number of benzene rings is 6. The summed E-state index contributed by atoms with van der Waals surface area (Å²) in [6, 6.07) is 42.6. The molecule has 0 radical (unpaired) electrons. The first-order chi connectivity index (χ1) is 32.7. The van der Waals surface area contributed by atoms with Gasteiger partial charge in [-0.05, 0) is 121 Å². The number of sulfonamides is 2. The first-order valence-corrected chi connectivity index (χ1v) is 25.5. The highest BCUT2D eigenvalue weighted by atomic mass is 32.2. The summed E-state index contributed by atoms with van der Waals surface area (Å²) in [7, 11) is -4.57. The third-order valence-corrected chi connectivity index (χ3v) is 14.5. The highest BCUT2D eigenvalue weighted by Crippen LogP contribution is 2.34. The van der Waals surface area contributed by atoms with Crippen molar-refractivity contribution in [1.82, 2.24) is 0 Å². The lowest BCUT2D eigenvalue weighted by molar-refractivity contribution is 0.0686. The van der Waals surface area contributed by atoms with Gasteiger partial charge in [-0.2, -0.15) is 0 Å². The minimum atomic E-state index is -3.87. The number of para-hydroxylation sites is 2. The molecular formula is C54H60N2O10S2. The van der Waals surface area contributed by atoms with Gasteiger partial charge in [0.15, 0.2) is 11.5 Å². The zero-order valence-corrected chi connectivity index (χ0v) is 40.6. The maximum absolute atomic E-state index is 13.8. The largest absolute Gasteiger partial charge is 0.493 e. The average molecular weight is 961 g/mol. The van der Waals surface area contributed by atoms with Gasteiger partial charge in [-0.15, -0.1) is 0 Å². The fraction of sp³-hybridized carbons (Fsp3) is 0.259. The van der Waals surface area contributed by atoms with Crippen LogP contribution in [0.15, 0.2) is 156 Å². The predicted octanol–water partition coefficient (Wildman–Crippen LogP) is 11.0. The van der Waals surface area contributed by atoms with Crippen molar-refractivity contribution in [2.75, 3.05) is 35.9 Å². The molecule has 0 saturated carbocycles. The Morgan fingerprint density at radius 2 is 1.00 bits per heavy atom. The molecule has 0 amide bonds. The third kappa shape index (κ3) is 14.3. The molecule has 14 heteroatoms. The third-order valence-electron chi connectivity index (χ3n) is 11.2. The van der Waals surface area contributed by atoms with Crippen LogP contribution in [0.4, 0.5) is 11.4 Å². The van der Waals surface area contributed by atoms with Crippen LogP contribution in [0.2, 0.25) is 0 Å². The summed E-state index contributed by atoms with van der Waals surface area (Å²) in [6.07, 6.45) is 7.38. The Hall–Kier alpha value is -6.90. The second kappa shape index (κ2) is 25.3. The van der Waals surface area contributed by atoms with Crippen molar-refractivity contribution in [2.45, 2.75) is 70.1 Å². The molecule has 0 saturated heterocycles. The van der Waals surface area contributed by atoms with E-state index in [1.165, 1.54) is 40.4 Å². The number of nitrogens with zero attached hydrogens (tertiary/aromatic N) is 2. The van der Waals surface area contributed by atoms with E-state index in [1.807, 2.05) is 92.7 Å². The van der Waals surface area contributed by atoms with E-state index in [-0.39, 0.29) is 16.0 Å². The summed E-state index contributed by atoms with van der Waals surface area (Å²) in [5.41, 5.74) is 6.46. The number of aryl methyl sites for hydroxylation is 4. The molecule has 12 nitrogen and oxygen atoms in total. The number of methoxy groups -OCH3 is 2. The Bertz CT molecular complexity index is 2830. The molecule has 0 bridgehead atoms. The van der Waals surface area contributed by atoms with Crippen LogP contribution >= 0.6 is 0 Å². The molecule has 0 atom stereocenters. The fourth-order valence-electron chi connectivity index (χ4n) is 7.38. The number of carboxylic acid groups (broad SMARTS) is 2. The quantitative estimate of drug-likeness (QED) is 0.0631. The Morgan fingerprint density at radius 1 is 0.544 bits per heavy atom. The molecule has 0 aliphatic rings. The highest BCUT2D eigenvalue weighted by Gasteiger charge is 2.28. The second-order valence-electron chi connectivity index (χ2n) is 15.9. The Morgan fingerprint density at radius 3 is 1.47 bits per heavy atom. The van der Waals surface area contributed by atoms with E-state index in [0.29, 0.717) is 68.1 Å². The van der Waals surface area contributed by atoms with Gasteiger partial charge in [0.05, 0.1) is 47.0 Å². The SMILES string of the molecule is CCCCN(c1ccccc1CCc1ccc(C(=O)O)cc1)S(=O)(=O)/C=C/c1ccccc1.CCCCN(c1ccccc1CCc1ccc(C(=O)O)cc1)S(=O)(=O)c1ccc(OC)c(OC)c1. The van der Waals surface area contributed by atoms with Gasteiger partial charge < -0.3 is 19.7 Å². The van der Waals surface area contributed by atoms with E-state index >= 15 is 0 Å². The number of aromatic carboxylic acids is 2. The number of ether oxygens (including phenoxy) is 2. The molecule has 6 aromatic carbocycles. The number of hydrogen-bond donors (Lipinski definition) is 2. The molecule has 2 N–H and O–H groups in total. The molecule has 0 fully saturated rings. The molecule has 6 rings (SSSR count). The summed E-state index contributed by atoms with van der Waals surface area (Å²) in [4.78, 5) is 22.3. The summed E-state index contributed by atoms with van der Waals surface area (Å²) >= 11 is 0. The van der Waals surface area contributed by atoms with Crippen molar-refractivity contribution >= 4 is 49.4 Å². The van der Waals surface area contributed by atoms with Gasteiger partial charge >= 0.3 is 11.9 Å². The average Bonchev–Trinajstić information content (AvgIpc) is 3.35. The molecule has 0 aliphatic heterocycles. The number of carboxylic acids is 2. The lowest BCUT2D eigenvalue weighted by Gasteiger charge is -2.27. The van der Waals surface area contributed by atoms with Gasteiger partial charge in [-0.1, -0.05) is 118 Å². The van der Waals surface area contributed by atoms with Crippen LogP contribution in [-0.2, 0) is 45.7 Å². The molecule has 6 aromatic rings. The molecule has 0 unspecified atom stereocenters. The van der Waals surface area contributed by atoms with E-state index in [4.69, 9.17) is 19.7 Å². The van der Waals surface area contributed by atoms with Gasteiger partial charge in [-0.25, -0.2) is 26.4 Å². The maximum atomic E-state index is 13.8.